The summed E-state index contributed by atoms with van der Waals surface area (Å²) in [6.07, 6.45) is 3.16. The van der Waals surface area contributed by atoms with Gasteiger partial charge in [0.05, 0.1) is 30.4 Å². The molecule has 22 heavy (non-hydrogen) atoms. The van der Waals surface area contributed by atoms with Crippen molar-refractivity contribution >= 4 is 22.5 Å². The van der Waals surface area contributed by atoms with E-state index in [-0.39, 0.29) is 0 Å². The number of methoxy groups -OCH3 is 1. The molecule has 0 aliphatic rings. The summed E-state index contributed by atoms with van der Waals surface area (Å²) in [5.74, 6) is 1.03. The molecule has 2 rings (SSSR count). The van der Waals surface area contributed by atoms with E-state index in [1.807, 2.05) is 26.0 Å². The molecule has 0 aliphatic carbocycles. The first-order chi connectivity index (χ1) is 10.5. The molecule has 0 saturated carbocycles. The van der Waals surface area contributed by atoms with Gasteiger partial charge in [-0.3, -0.25) is 0 Å². The van der Waals surface area contributed by atoms with Crippen LogP contribution in [0.4, 0.5) is 11.5 Å². The number of nitrogen functional groups attached to an aromatic ring is 1. The number of aromatic nitrogens is 2. The number of benzene rings is 1. The van der Waals surface area contributed by atoms with E-state index >= 15 is 0 Å². The maximum atomic E-state index is 11.3. The quantitative estimate of drug-likeness (QED) is 0.903. The lowest BCUT2D eigenvalue weighted by Gasteiger charge is -2.11. The van der Waals surface area contributed by atoms with E-state index in [1.54, 1.807) is 32.6 Å². The van der Waals surface area contributed by atoms with Crippen LogP contribution in [0.15, 0.2) is 24.4 Å². The van der Waals surface area contributed by atoms with E-state index in [2.05, 4.69) is 14.7 Å². The fraction of sp³-hybridized carbons (Fsp3) is 0.333. The van der Waals surface area contributed by atoms with Crippen molar-refractivity contribution in [3.8, 4) is 17.0 Å². The predicted octanol–water partition coefficient (Wildman–Crippen LogP) is 2.77. The molecule has 1 aromatic heterocycles. The minimum absolute atomic E-state index is 0.412. The van der Waals surface area contributed by atoms with Gasteiger partial charge in [0.1, 0.15) is 22.6 Å². The first-order valence-electron chi connectivity index (χ1n) is 6.89. The maximum Gasteiger partial charge on any atom is 0.144 e. The SMILES string of the molecule is CC.COc1ccc(-c2cnc(N)c(C)n2)cc1NS(C)=O. The highest BCUT2D eigenvalue weighted by atomic mass is 32.2. The van der Waals surface area contributed by atoms with E-state index in [0.29, 0.717) is 28.6 Å². The number of anilines is 2. The molecule has 6 nitrogen and oxygen atoms in total. The van der Waals surface area contributed by atoms with Gasteiger partial charge in [-0.15, -0.1) is 0 Å². The minimum Gasteiger partial charge on any atom is -0.495 e. The lowest BCUT2D eigenvalue weighted by Crippen LogP contribution is -2.03. The molecule has 0 saturated heterocycles. The molecule has 1 heterocycles. The van der Waals surface area contributed by atoms with Crippen LogP contribution in [-0.2, 0) is 11.0 Å². The van der Waals surface area contributed by atoms with Gasteiger partial charge in [-0.25, -0.2) is 14.2 Å². The van der Waals surface area contributed by atoms with Gasteiger partial charge in [-0.1, -0.05) is 13.8 Å². The molecule has 0 bridgehead atoms. The first-order valence-corrected chi connectivity index (χ1v) is 8.44. The van der Waals surface area contributed by atoms with Crippen molar-refractivity contribution in [2.75, 3.05) is 23.8 Å². The molecular formula is C15H22N4O2S. The third-order valence-corrected chi connectivity index (χ3v) is 3.24. The van der Waals surface area contributed by atoms with Gasteiger partial charge < -0.3 is 15.2 Å². The van der Waals surface area contributed by atoms with Crippen LogP contribution in [0.3, 0.4) is 0 Å². The average Bonchev–Trinajstić information content (AvgIpc) is 2.51. The number of nitrogens with two attached hydrogens (primary N) is 1. The van der Waals surface area contributed by atoms with Crippen LogP contribution in [0.5, 0.6) is 5.75 Å². The van der Waals surface area contributed by atoms with Crippen LogP contribution in [0.1, 0.15) is 19.5 Å². The Balaban J connectivity index is 0.00000116. The fourth-order valence-electron chi connectivity index (χ4n) is 1.73. The molecule has 0 aliphatic heterocycles. The summed E-state index contributed by atoms with van der Waals surface area (Å²) in [4.78, 5) is 8.48. The summed E-state index contributed by atoms with van der Waals surface area (Å²) in [7, 11) is 0.374. The van der Waals surface area contributed by atoms with E-state index < -0.39 is 11.0 Å². The lowest BCUT2D eigenvalue weighted by atomic mass is 10.1. The molecule has 2 aromatic rings. The zero-order chi connectivity index (χ0) is 16.7. The number of hydrogen-bond acceptors (Lipinski definition) is 5. The third-order valence-electron chi connectivity index (χ3n) is 2.73. The number of rotatable bonds is 4. The molecule has 1 unspecified atom stereocenters. The Morgan fingerprint density at radius 1 is 1.32 bits per heavy atom. The van der Waals surface area contributed by atoms with Gasteiger partial charge >= 0.3 is 0 Å². The standard InChI is InChI=1S/C13H16N4O2S.C2H6/c1-8-13(14)15-7-11(16-8)9-4-5-12(19-2)10(6-9)17-20(3)18;1-2/h4-7,17H,1-3H3,(H2,14,15);1-2H3. The van der Waals surface area contributed by atoms with Crippen molar-refractivity contribution in [1.29, 1.82) is 0 Å². The molecule has 3 N–H and O–H groups in total. The molecule has 0 spiro atoms. The van der Waals surface area contributed by atoms with Crippen molar-refractivity contribution in [1.82, 2.24) is 9.97 Å². The number of ether oxygens (including phenoxy) is 1. The molecule has 0 amide bonds. The highest BCUT2D eigenvalue weighted by molar-refractivity contribution is 7.85. The van der Waals surface area contributed by atoms with Crippen LogP contribution < -0.4 is 15.2 Å². The Morgan fingerprint density at radius 3 is 2.55 bits per heavy atom. The molecule has 0 fully saturated rings. The number of nitrogens with zero attached hydrogens (tertiary/aromatic N) is 2. The molecule has 1 aromatic carbocycles. The van der Waals surface area contributed by atoms with E-state index in [4.69, 9.17) is 10.5 Å². The van der Waals surface area contributed by atoms with Crippen molar-refractivity contribution in [2.24, 2.45) is 0 Å². The molecule has 1 atom stereocenters. The number of aryl methyl sites for hydroxylation is 1. The Hall–Kier alpha value is -2.15. The van der Waals surface area contributed by atoms with Crippen LogP contribution >= 0.6 is 0 Å². The summed E-state index contributed by atoms with van der Waals surface area (Å²) in [6, 6.07) is 5.47. The second kappa shape index (κ2) is 8.33. The van der Waals surface area contributed by atoms with Crippen molar-refractivity contribution in [3.05, 3.63) is 30.1 Å². The highest BCUT2D eigenvalue weighted by Gasteiger charge is 2.09. The zero-order valence-corrected chi connectivity index (χ0v) is 14.3. The summed E-state index contributed by atoms with van der Waals surface area (Å²) in [5, 5.41) is 0. The average molecular weight is 322 g/mol. The molecule has 120 valence electrons. The van der Waals surface area contributed by atoms with Crippen molar-refractivity contribution in [2.45, 2.75) is 20.8 Å². The van der Waals surface area contributed by atoms with Crippen molar-refractivity contribution < 1.29 is 8.95 Å². The zero-order valence-electron chi connectivity index (χ0n) is 13.5. The summed E-state index contributed by atoms with van der Waals surface area (Å²) in [5.41, 5.74) is 8.52. The van der Waals surface area contributed by atoms with Gasteiger partial charge in [0.25, 0.3) is 0 Å². The number of hydrogen-bond donors (Lipinski definition) is 2. The largest absolute Gasteiger partial charge is 0.495 e. The topological polar surface area (TPSA) is 90.1 Å². The summed E-state index contributed by atoms with van der Waals surface area (Å²) >= 11 is 0. The van der Waals surface area contributed by atoms with Crippen molar-refractivity contribution in [3.63, 3.8) is 0 Å². The van der Waals surface area contributed by atoms with E-state index in [9.17, 15) is 4.21 Å². The second-order valence-electron chi connectivity index (χ2n) is 4.20. The normalized spacial score (nSPS) is 11.1. The molecular weight excluding hydrogens is 300 g/mol. The lowest BCUT2D eigenvalue weighted by molar-refractivity contribution is 0.417. The first kappa shape index (κ1) is 17.9. The van der Waals surface area contributed by atoms with Crippen LogP contribution in [0.25, 0.3) is 11.3 Å². The van der Waals surface area contributed by atoms with Crippen LogP contribution in [0, 0.1) is 6.92 Å². The highest BCUT2D eigenvalue weighted by Crippen LogP contribution is 2.30. The summed E-state index contributed by atoms with van der Waals surface area (Å²) in [6.45, 7) is 5.80. The monoisotopic (exact) mass is 322 g/mol. The maximum absolute atomic E-state index is 11.3. The van der Waals surface area contributed by atoms with Gasteiger partial charge in [0.15, 0.2) is 0 Å². The third kappa shape index (κ3) is 4.42. The Morgan fingerprint density at radius 2 is 2.00 bits per heavy atom. The van der Waals surface area contributed by atoms with Gasteiger partial charge in [-0.2, -0.15) is 0 Å². The Bertz CT molecular complexity index is 662. The molecule has 7 heteroatoms. The predicted molar refractivity (Wildman–Crippen MR) is 92.2 cm³/mol. The minimum atomic E-state index is -1.19. The van der Waals surface area contributed by atoms with E-state index in [0.717, 1.165) is 5.56 Å². The summed E-state index contributed by atoms with van der Waals surface area (Å²) < 4.78 is 19.4. The van der Waals surface area contributed by atoms with Crippen LogP contribution in [-0.4, -0.2) is 27.5 Å². The van der Waals surface area contributed by atoms with Gasteiger partial charge in [-0.05, 0) is 25.1 Å². The smallest absolute Gasteiger partial charge is 0.144 e. The van der Waals surface area contributed by atoms with Gasteiger partial charge in [0.2, 0.25) is 0 Å². The number of nitrogens with one attached hydrogen (secondary N) is 1. The van der Waals surface area contributed by atoms with Crippen LogP contribution in [0.2, 0.25) is 0 Å². The van der Waals surface area contributed by atoms with Gasteiger partial charge in [0, 0.05) is 11.8 Å². The second-order valence-corrected chi connectivity index (χ2v) is 5.31. The fourth-order valence-corrected chi connectivity index (χ4v) is 2.20. The van der Waals surface area contributed by atoms with E-state index in [1.165, 1.54) is 0 Å². The molecule has 0 radical (unpaired) electrons. The Kier molecular flexibility index (Phi) is 6.78. The Labute approximate surface area is 133 Å².